The van der Waals surface area contributed by atoms with Crippen LogP contribution >= 0.6 is 0 Å². The molecular formula is C32H32F5N3O6. The van der Waals surface area contributed by atoms with Crippen molar-refractivity contribution in [2.45, 2.75) is 44.7 Å². The molecule has 0 spiro atoms. The lowest BCUT2D eigenvalue weighted by Gasteiger charge is -2.22. The molecule has 2 aliphatic rings. The van der Waals surface area contributed by atoms with E-state index in [2.05, 4.69) is 10.1 Å². The number of benzene rings is 2. The Balaban J connectivity index is 1.45. The zero-order valence-corrected chi connectivity index (χ0v) is 25.2. The van der Waals surface area contributed by atoms with E-state index in [0.29, 0.717) is 11.5 Å². The average Bonchev–Trinajstić information content (AvgIpc) is 3.79. The van der Waals surface area contributed by atoms with Gasteiger partial charge in [-0.1, -0.05) is 0 Å². The van der Waals surface area contributed by atoms with Crippen molar-refractivity contribution in [1.82, 2.24) is 9.88 Å². The molecule has 1 aliphatic heterocycles. The van der Waals surface area contributed by atoms with Crippen LogP contribution in [0.5, 0.6) is 11.5 Å². The van der Waals surface area contributed by atoms with Crippen LogP contribution in [0.25, 0.3) is 0 Å². The zero-order chi connectivity index (χ0) is 33.3. The predicted octanol–water partition coefficient (Wildman–Crippen LogP) is 4.94. The fraction of sp³-hybridized carbons (Fsp3) is 0.406. The summed E-state index contributed by atoms with van der Waals surface area (Å²) < 4.78 is 84.1. The number of aryl methyl sites for hydroxylation is 1. The SMILES string of the molecule is COc1cc(F)c([C@@H]2CN(c3c(C)ccn(CC(OC)C4CC4)c3=O)C(=O)C2CNC(=O)c2ccc(OC(F)(F)F)cc2)c(F)c1. The molecule has 1 aliphatic carbocycles. The van der Waals surface area contributed by atoms with E-state index in [-0.39, 0.29) is 36.2 Å². The minimum Gasteiger partial charge on any atom is -0.497 e. The highest BCUT2D eigenvalue weighted by molar-refractivity contribution is 6.00. The van der Waals surface area contributed by atoms with Crippen molar-refractivity contribution >= 4 is 17.5 Å². The van der Waals surface area contributed by atoms with E-state index in [9.17, 15) is 27.6 Å². The Morgan fingerprint density at radius 1 is 1.02 bits per heavy atom. The molecule has 3 aromatic rings. The summed E-state index contributed by atoms with van der Waals surface area (Å²) in [5.74, 6) is -5.96. The summed E-state index contributed by atoms with van der Waals surface area (Å²) in [6, 6.07) is 7.75. The third-order valence-corrected chi connectivity index (χ3v) is 8.38. The van der Waals surface area contributed by atoms with Crippen molar-refractivity contribution in [3.05, 3.63) is 87.3 Å². The van der Waals surface area contributed by atoms with Crippen LogP contribution in [-0.4, -0.2) is 56.2 Å². The first-order chi connectivity index (χ1) is 21.8. The summed E-state index contributed by atoms with van der Waals surface area (Å²) in [7, 11) is 2.81. The molecule has 5 rings (SSSR count). The standard InChI is InChI=1S/C32H32F5N3O6/c1-17-10-11-39(16-26(45-3)18-4-5-18)31(43)28(17)40-15-23(27-24(33)12-21(44-2)13-25(27)34)22(30(40)42)14-38-29(41)19-6-8-20(9-7-19)46-32(35,36)37/h6-13,18,22-23,26H,4-5,14-16H2,1-3H3,(H,38,41)/t22?,23-,26?/m1/s1. The van der Waals surface area contributed by atoms with Gasteiger partial charge in [-0.15, -0.1) is 13.2 Å². The van der Waals surface area contributed by atoms with E-state index in [1.165, 1.54) is 16.6 Å². The number of halogens is 5. The van der Waals surface area contributed by atoms with E-state index in [1.54, 1.807) is 26.3 Å². The number of alkyl halides is 3. The van der Waals surface area contributed by atoms with Crippen LogP contribution in [-0.2, 0) is 16.1 Å². The topological polar surface area (TPSA) is 99.1 Å². The number of nitrogens with zero attached hydrogens (tertiary/aromatic N) is 2. The Labute approximate surface area is 260 Å². The number of carbonyl (C=O) groups is 2. The fourth-order valence-corrected chi connectivity index (χ4v) is 5.86. The summed E-state index contributed by atoms with van der Waals surface area (Å²) in [6.07, 6.45) is -1.54. The number of carbonyl (C=O) groups excluding carboxylic acids is 2. The van der Waals surface area contributed by atoms with Crippen molar-refractivity contribution in [1.29, 1.82) is 0 Å². The molecule has 1 aromatic heterocycles. The van der Waals surface area contributed by atoms with Crippen LogP contribution < -0.4 is 25.2 Å². The van der Waals surface area contributed by atoms with Crippen LogP contribution in [0.3, 0.4) is 0 Å². The number of hydrogen-bond donors (Lipinski definition) is 1. The second-order valence-corrected chi connectivity index (χ2v) is 11.4. The molecule has 1 saturated heterocycles. The molecule has 246 valence electrons. The van der Waals surface area contributed by atoms with Crippen molar-refractivity contribution < 1.29 is 45.8 Å². The van der Waals surface area contributed by atoms with Gasteiger partial charge in [-0.2, -0.15) is 0 Å². The molecular weight excluding hydrogens is 617 g/mol. The highest BCUT2D eigenvalue weighted by Gasteiger charge is 2.45. The van der Waals surface area contributed by atoms with Crippen LogP contribution in [0.4, 0.5) is 27.6 Å². The van der Waals surface area contributed by atoms with Gasteiger partial charge in [0, 0.05) is 55.6 Å². The van der Waals surface area contributed by atoms with E-state index in [1.807, 2.05) is 0 Å². The van der Waals surface area contributed by atoms with Crippen LogP contribution in [0, 0.1) is 30.4 Å². The van der Waals surface area contributed by atoms with Gasteiger partial charge >= 0.3 is 6.36 Å². The minimum atomic E-state index is -4.91. The molecule has 2 amide bonds. The van der Waals surface area contributed by atoms with Crippen molar-refractivity contribution in [2.75, 3.05) is 32.2 Å². The molecule has 0 radical (unpaired) electrons. The lowest BCUT2D eigenvalue weighted by atomic mass is 9.87. The molecule has 2 fully saturated rings. The molecule has 2 aromatic carbocycles. The maximum atomic E-state index is 15.4. The first-order valence-electron chi connectivity index (χ1n) is 14.5. The molecule has 9 nitrogen and oxygen atoms in total. The Bertz CT molecular complexity index is 1650. The number of amides is 2. The van der Waals surface area contributed by atoms with Gasteiger partial charge in [0.1, 0.15) is 28.8 Å². The van der Waals surface area contributed by atoms with Gasteiger partial charge in [0.05, 0.1) is 25.7 Å². The summed E-state index contributed by atoms with van der Waals surface area (Å²) >= 11 is 0. The maximum Gasteiger partial charge on any atom is 0.573 e. The molecule has 0 bridgehead atoms. The fourth-order valence-electron chi connectivity index (χ4n) is 5.86. The van der Waals surface area contributed by atoms with E-state index in [4.69, 9.17) is 9.47 Å². The van der Waals surface area contributed by atoms with Gasteiger partial charge in [-0.25, -0.2) is 8.78 Å². The molecule has 3 atom stereocenters. The van der Waals surface area contributed by atoms with Crippen LogP contribution in [0.1, 0.15) is 40.2 Å². The Morgan fingerprint density at radius 2 is 1.67 bits per heavy atom. The number of pyridine rings is 1. The molecule has 1 saturated carbocycles. The molecule has 1 N–H and O–H groups in total. The van der Waals surface area contributed by atoms with Gasteiger partial charge in [0.2, 0.25) is 5.91 Å². The van der Waals surface area contributed by atoms with Gasteiger partial charge < -0.3 is 29.0 Å². The second-order valence-electron chi connectivity index (χ2n) is 11.4. The third kappa shape index (κ3) is 7.01. The van der Waals surface area contributed by atoms with Gasteiger partial charge in [0.15, 0.2) is 0 Å². The monoisotopic (exact) mass is 649 g/mol. The number of ether oxygens (including phenoxy) is 3. The van der Waals surface area contributed by atoms with Crippen molar-refractivity contribution in [3.8, 4) is 11.5 Å². The number of hydrogen-bond acceptors (Lipinski definition) is 6. The van der Waals surface area contributed by atoms with Gasteiger partial charge in [-0.05, 0) is 61.6 Å². The Kier molecular flexibility index (Phi) is 9.38. The summed E-state index contributed by atoms with van der Waals surface area (Å²) in [5.41, 5.74) is -0.412. The average molecular weight is 650 g/mol. The summed E-state index contributed by atoms with van der Waals surface area (Å²) in [5, 5.41) is 2.55. The zero-order valence-electron chi connectivity index (χ0n) is 25.2. The third-order valence-electron chi connectivity index (χ3n) is 8.38. The van der Waals surface area contributed by atoms with Crippen molar-refractivity contribution in [2.24, 2.45) is 11.8 Å². The molecule has 14 heteroatoms. The lowest BCUT2D eigenvalue weighted by molar-refractivity contribution is -0.274. The minimum absolute atomic E-state index is 0.0414. The van der Waals surface area contributed by atoms with Crippen LogP contribution in [0.2, 0.25) is 0 Å². The molecule has 2 heterocycles. The smallest absolute Gasteiger partial charge is 0.497 e. The maximum absolute atomic E-state index is 15.4. The number of methoxy groups -OCH3 is 2. The van der Waals surface area contributed by atoms with E-state index >= 15 is 8.78 Å². The Hall–Kier alpha value is -4.46. The Morgan fingerprint density at radius 3 is 2.24 bits per heavy atom. The molecule has 2 unspecified atom stereocenters. The van der Waals surface area contributed by atoms with Crippen LogP contribution in [0.15, 0.2) is 53.5 Å². The number of aromatic nitrogens is 1. The van der Waals surface area contributed by atoms with Gasteiger partial charge in [0.25, 0.3) is 11.5 Å². The highest BCUT2D eigenvalue weighted by Crippen LogP contribution is 2.40. The second kappa shape index (κ2) is 13.1. The predicted molar refractivity (Wildman–Crippen MR) is 156 cm³/mol. The largest absolute Gasteiger partial charge is 0.573 e. The first-order valence-corrected chi connectivity index (χ1v) is 14.5. The normalized spacial score (nSPS) is 18.9. The summed E-state index contributed by atoms with van der Waals surface area (Å²) in [6.45, 7) is 1.25. The first kappa shape index (κ1) is 32.9. The number of rotatable bonds is 11. The van der Waals surface area contributed by atoms with E-state index < -0.39 is 65.1 Å². The molecule has 46 heavy (non-hydrogen) atoms. The van der Waals surface area contributed by atoms with E-state index in [0.717, 1.165) is 49.2 Å². The number of nitrogens with one attached hydrogen (secondary N) is 1. The quantitative estimate of drug-likeness (QED) is 0.296. The summed E-state index contributed by atoms with van der Waals surface area (Å²) in [4.78, 5) is 41.9. The highest BCUT2D eigenvalue weighted by atomic mass is 19.4. The lowest BCUT2D eigenvalue weighted by Crippen LogP contribution is -2.39. The van der Waals surface area contributed by atoms with Crippen molar-refractivity contribution in [3.63, 3.8) is 0 Å². The van der Waals surface area contributed by atoms with Gasteiger partial charge in [-0.3, -0.25) is 14.4 Å². The number of anilines is 1.